The lowest BCUT2D eigenvalue weighted by Gasteiger charge is -2.52. The first kappa shape index (κ1) is 15.1. The third kappa shape index (κ3) is 3.05. The van der Waals surface area contributed by atoms with E-state index in [1.165, 1.54) is 0 Å². The summed E-state index contributed by atoms with van der Waals surface area (Å²) in [5.41, 5.74) is 0. The Kier molecular flexibility index (Phi) is 5.02. The Hall–Kier alpha value is 0.137. The maximum Gasteiger partial charge on any atom is 0.212 e. The summed E-state index contributed by atoms with van der Waals surface area (Å²) in [5.74, 6) is 0. The van der Waals surface area contributed by atoms with E-state index in [0.29, 0.717) is 10.1 Å². The second-order valence-corrected chi connectivity index (χ2v) is 11.5. The van der Waals surface area contributed by atoms with Gasteiger partial charge in [0.25, 0.3) is 0 Å². The molecular weight excluding hydrogens is 200 g/mol. The van der Waals surface area contributed by atoms with Crippen molar-refractivity contribution in [1.29, 1.82) is 0 Å². The predicted molar refractivity (Wildman–Crippen MR) is 72.5 cm³/mol. The molecule has 0 fully saturated rings. The molecule has 0 aliphatic rings. The van der Waals surface area contributed by atoms with Gasteiger partial charge in [-0.1, -0.05) is 55.4 Å². The lowest BCUT2D eigenvalue weighted by molar-refractivity contribution is 0.549. The van der Waals surface area contributed by atoms with Gasteiger partial charge in [0.2, 0.25) is 8.40 Å². The summed E-state index contributed by atoms with van der Waals surface area (Å²) in [5, 5.41) is 0.633. The van der Waals surface area contributed by atoms with Crippen molar-refractivity contribution in [2.75, 3.05) is 13.1 Å². The van der Waals surface area contributed by atoms with Crippen molar-refractivity contribution < 1.29 is 0 Å². The Balaban J connectivity index is 5.28. The first-order valence-electron chi connectivity index (χ1n) is 6.12. The van der Waals surface area contributed by atoms with E-state index in [9.17, 15) is 0 Å². The van der Waals surface area contributed by atoms with Crippen LogP contribution in [0.3, 0.4) is 0 Å². The third-order valence-electron chi connectivity index (χ3n) is 3.13. The molecule has 0 aromatic heterocycles. The molecule has 0 aliphatic carbocycles. The van der Waals surface area contributed by atoms with Crippen LogP contribution in [0.5, 0.6) is 0 Å². The van der Waals surface area contributed by atoms with Gasteiger partial charge in [-0.15, -0.1) is 0 Å². The van der Waals surface area contributed by atoms with Gasteiger partial charge in [0.05, 0.1) is 0 Å². The standard InChI is InChI=1S/C12H30N2Si/c1-9-13-15(14-10-2,11(3,4)5)12(6,7)8/h13-14H,9-10H2,1-8H3. The van der Waals surface area contributed by atoms with Crippen molar-refractivity contribution in [2.24, 2.45) is 0 Å². The highest BCUT2D eigenvalue weighted by molar-refractivity contribution is 6.80. The van der Waals surface area contributed by atoms with E-state index in [1.54, 1.807) is 0 Å². The fourth-order valence-corrected chi connectivity index (χ4v) is 8.34. The van der Waals surface area contributed by atoms with Crippen molar-refractivity contribution >= 4 is 8.40 Å². The molecule has 0 unspecified atom stereocenters. The third-order valence-corrected chi connectivity index (χ3v) is 9.40. The van der Waals surface area contributed by atoms with E-state index in [-0.39, 0.29) is 0 Å². The Morgan fingerprint density at radius 1 is 0.733 bits per heavy atom. The SMILES string of the molecule is CCN[Si](NCC)(C(C)(C)C)C(C)(C)C. The second-order valence-electron chi connectivity index (χ2n) is 6.31. The van der Waals surface area contributed by atoms with Crippen LogP contribution in [0.25, 0.3) is 0 Å². The molecule has 0 aliphatic heterocycles. The minimum absolute atomic E-state index is 0.317. The molecule has 0 atom stereocenters. The topological polar surface area (TPSA) is 24.1 Å². The minimum Gasteiger partial charge on any atom is -0.325 e. The Bertz CT molecular complexity index is 167. The van der Waals surface area contributed by atoms with Crippen molar-refractivity contribution in [2.45, 2.75) is 65.5 Å². The van der Waals surface area contributed by atoms with Crippen LogP contribution < -0.4 is 9.96 Å². The zero-order valence-electron chi connectivity index (χ0n) is 11.9. The molecule has 0 radical (unpaired) electrons. The molecule has 0 spiro atoms. The Labute approximate surface area is 97.4 Å². The smallest absolute Gasteiger partial charge is 0.212 e. The van der Waals surface area contributed by atoms with Gasteiger partial charge in [0, 0.05) is 0 Å². The molecular formula is C12H30N2Si. The minimum atomic E-state index is -1.70. The maximum absolute atomic E-state index is 3.80. The molecule has 92 valence electrons. The number of rotatable bonds is 4. The molecule has 0 heterocycles. The molecule has 2 N–H and O–H groups in total. The molecule has 0 aromatic carbocycles. The molecule has 0 bridgehead atoms. The average molecular weight is 230 g/mol. The largest absolute Gasteiger partial charge is 0.325 e. The fourth-order valence-electron chi connectivity index (χ4n) is 2.78. The van der Waals surface area contributed by atoms with Crippen LogP contribution in [0.15, 0.2) is 0 Å². The lowest BCUT2D eigenvalue weighted by Crippen LogP contribution is -2.72. The molecule has 2 nitrogen and oxygen atoms in total. The number of hydrogen-bond donors (Lipinski definition) is 2. The molecule has 0 aromatic rings. The highest BCUT2D eigenvalue weighted by Crippen LogP contribution is 2.47. The average Bonchev–Trinajstić information content (AvgIpc) is 1.99. The first-order valence-corrected chi connectivity index (χ1v) is 8.12. The normalized spacial score (nSPS) is 14.4. The highest BCUT2D eigenvalue weighted by atomic mass is 28.3. The molecule has 0 saturated carbocycles. The van der Waals surface area contributed by atoms with Crippen LogP contribution >= 0.6 is 0 Å². The Morgan fingerprint density at radius 2 is 1.00 bits per heavy atom. The summed E-state index contributed by atoms with van der Waals surface area (Å²) in [4.78, 5) is 7.61. The Morgan fingerprint density at radius 3 is 1.13 bits per heavy atom. The van der Waals surface area contributed by atoms with Crippen LogP contribution in [0, 0.1) is 0 Å². The number of hydrogen-bond acceptors (Lipinski definition) is 2. The predicted octanol–water partition coefficient (Wildman–Crippen LogP) is 3.25. The van der Waals surface area contributed by atoms with Crippen LogP contribution in [0.2, 0.25) is 10.1 Å². The summed E-state index contributed by atoms with van der Waals surface area (Å²) < 4.78 is 0. The van der Waals surface area contributed by atoms with E-state index >= 15 is 0 Å². The van der Waals surface area contributed by atoms with Crippen molar-refractivity contribution in [3.63, 3.8) is 0 Å². The van der Waals surface area contributed by atoms with Crippen LogP contribution in [0.1, 0.15) is 55.4 Å². The van der Waals surface area contributed by atoms with E-state index < -0.39 is 8.40 Å². The van der Waals surface area contributed by atoms with Gasteiger partial charge in [0.15, 0.2) is 0 Å². The van der Waals surface area contributed by atoms with Gasteiger partial charge in [-0.25, -0.2) is 0 Å². The van der Waals surface area contributed by atoms with Crippen LogP contribution in [-0.2, 0) is 0 Å². The summed E-state index contributed by atoms with van der Waals surface area (Å²) in [6, 6.07) is 0. The van der Waals surface area contributed by atoms with Gasteiger partial charge in [-0.2, -0.15) is 0 Å². The summed E-state index contributed by atoms with van der Waals surface area (Å²) in [6.07, 6.45) is 0. The van der Waals surface area contributed by atoms with Crippen molar-refractivity contribution in [1.82, 2.24) is 9.96 Å². The summed E-state index contributed by atoms with van der Waals surface area (Å²) in [7, 11) is -1.70. The van der Waals surface area contributed by atoms with Gasteiger partial charge in [-0.05, 0) is 23.2 Å². The zero-order chi connectivity index (χ0) is 12.3. The summed E-state index contributed by atoms with van der Waals surface area (Å²) in [6.45, 7) is 20.7. The van der Waals surface area contributed by atoms with Crippen LogP contribution in [0.4, 0.5) is 0 Å². The first-order chi connectivity index (χ1) is 6.62. The van der Waals surface area contributed by atoms with Crippen LogP contribution in [-0.4, -0.2) is 21.5 Å². The molecule has 0 amide bonds. The summed E-state index contributed by atoms with van der Waals surface area (Å²) >= 11 is 0. The maximum atomic E-state index is 3.80. The molecule has 0 rings (SSSR count). The van der Waals surface area contributed by atoms with Gasteiger partial charge in [0.1, 0.15) is 0 Å². The highest BCUT2D eigenvalue weighted by Gasteiger charge is 2.52. The van der Waals surface area contributed by atoms with E-state index in [2.05, 4.69) is 65.4 Å². The molecule has 15 heavy (non-hydrogen) atoms. The zero-order valence-corrected chi connectivity index (χ0v) is 12.9. The van der Waals surface area contributed by atoms with Gasteiger partial charge in [-0.3, -0.25) is 0 Å². The lowest BCUT2D eigenvalue weighted by atomic mass is 10.2. The van der Waals surface area contributed by atoms with E-state index in [4.69, 9.17) is 0 Å². The van der Waals surface area contributed by atoms with Crippen molar-refractivity contribution in [3.8, 4) is 0 Å². The van der Waals surface area contributed by atoms with Gasteiger partial charge < -0.3 is 9.96 Å². The number of nitrogens with one attached hydrogen (secondary N) is 2. The van der Waals surface area contributed by atoms with Crippen molar-refractivity contribution in [3.05, 3.63) is 0 Å². The fraction of sp³-hybridized carbons (Fsp3) is 1.00. The monoisotopic (exact) mass is 230 g/mol. The molecule has 3 heteroatoms. The van der Waals surface area contributed by atoms with E-state index in [0.717, 1.165) is 13.1 Å². The second kappa shape index (κ2) is 4.98. The quantitative estimate of drug-likeness (QED) is 0.725. The molecule has 0 saturated heterocycles. The van der Waals surface area contributed by atoms with E-state index in [1.807, 2.05) is 0 Å². The van der Waals surface area contributed by atoms with Gasteiger partial charge >= 0.3 is 0 Å².